The Labute approximate surface area is 146 Å². The Balaban J connectivity index is 1.84. The predicted octanol–water partition coefficient (Wildman–Crippen LogP) is 2.93. The van der Waals surface area contributed by atoms with Gasteiger partial charge in [-0.05, 0) is 36.1 Å². The highest BCUT2D eigenvalue weighted by atomic mass is 16.5. The Kier molecular flexibility index (Phi) is 5.04. The smallest absolute Gasteiger partial charge is 0.348 e. The molecule has 7 heteroatoms. The molecule has 0 bridgehead atoms. The maximum absolute atomic E-state index is 11.9. The largest absolute Gasteiger partial charge is 0.477 e. The van der Waals surface area contributed by atoms with Crippen molar-refractivity contribution in [1.82, 2.24) is 4.98 Å². The number of carbonyl (C=O) groups excluding carboxylic acids is 1. The lowest BCUT2D eigenvalue weighted by Gasteiger charge is -2.11. The number of ether oxygens (including phenoxy) is 3. The normalized spacial score (nSPS) is 12.5. The first kappa shape index (κ1) is 17.0. The van der Waals surface area contributed by atoms with Crippen molar-refractivity contribution >= 4 is 18.3 Å². The Morgan fingerprint density at radius 1 is 1.40 bits per heavy atom. The molecule has 2 heterocycles. The molecule has 0 spiro atoms. The number of pyridine rings is 1. The standard InChI is InChI=1S/C18H18BNO5/c1-4-22-17-14(18(21)23-5-2)7-9-16(20-17)25-13-6-8-15-12(10-13)11-24-19(15)3/h5-10H,2,4,11H2,1,3H3. The van der Waals surface area contributed by atoms with Gasteiger partial charge < -0.3 is 18.9 Å². The second-order valence-electron chi connectivity index (χ2n) is 5.42. The zero-order valence-electron chi connectivity index (χ0n) is 14.2. The highest BCUT2D eigenvalue weighted by Gasteiger charge is 2.23. The number of rotatable bonds is 6. The lowest BCUT2D eigenvalue weighted by atomic mass is 9.64. The van der Waals surface area contributed by atoms with Crippen LogP contribution in [0.3, 0.4) is 0 Å². The lowest BCUT2D eigenvalue weighted by molar-refractivity contribution is 0.0658. The summed E-state index contributed by atoms with van der Waals surface area (Å²) in [5.74, 6) is 0.546. The van der Waals surface area contributed by atoms with Gasteiger partial charge in [0.05, 0.1) is 19.5 Å². The predicted molar refractivity (Wildman–Crippen MR) is 93.6 cm³/mol. The fraction of sp³-hybridized carbons (Fsp3) is 0.222. The average molecular weight is 339 g/mol. The minimum absolute atomic E-state index is 0.0990. The van der Waals surface area contributed by atoms with Crippen molar-refractivity contribution in [1.29, 1.82) is 0 Å². The summed E-state index contributed by atoms with van der Waals surface area (Å²) < 4.78 is 21.6. The first-order chi connectivity index (χ1) is 12.1. The third kappa shape index (κ3) is 3.66. The van der Waals surface area contributed by atoms with Gasteiger partial charge in [-0.1, -0.05) is 19.5 Å². The number of hydrogen-bond donors (Lipinski definition) is 0. The SMILES string of the molecule is C=COC(=O)c1ccc(Oc2ccc3c(c2)COB3C)nc1OCC. The number of carbonyl (C=O) groups is 1. The van der Waals surface area contributed by atoms with Gasteiger partial charge in [-0.3, -0.25) is 0 Å². The molecule has 1 aromatic carbocycles. The molecule has 2 aromatic rings. The maximum Gasteiger partial charge on any atom is 0.348 e. The zero-order chi connectivity index (χ0) is 17.8. The van der Waals surface area contributed by atoms with Gasteiger partial charge in [0.25, 0.3) is 0 Å². The highest BCUT2D eigenvalue weighted by molar-refractivity contribution is 6.67. The van der Waals surface area contributed by atoms with Crippen LogP contribution in [0.5, 0.6) is 17.5 Å². The minimum Gasteiger partial charge on any atom is -0.477 e. The number of fused-ring (bicyclic) bond motifs is 1. The van der Waals surface area contributed by atoms with Crippen molar-refractivity contribution in [2.75, 3.05) is 6.61 Å². The van der Waals surface area contributed by atoms with Crippen LogP contribution < -0.4 is 14.9 Å². The van der Waals surface area contributed by atoms with Crippen molar-refractivity contribution in [3.8, 4) is 17.5 Å². The molecule has 0 saturated carbocycles. The molecule has 0 unspecified atom stereocenters. The van der Waals surface area contributed by atoms with Crippen molar-refractivity contribution in [3.05, 3.63) is 54.3 Å². The van der Waals surface area contributed by atoms with E-state index in [2.05, 4.69) is 11.6 Å². The second-order valence-corrected chi connectivity index (χ2v) is 5.42. The molecular formula is C18H18BNO5. The van der Waals surface area contributed by atoms with E-state index in [1.54, 1.807) is 19.1 Å². The Hall–Kier alpha value is -2.80. The van der Waals surface area contributed by atoms with Crippen molar-refractivity contribution in [2.24, 2.45) is 0 Å². The molecule has 25 heavy (non-hydrogen) atoms. The maximum atomic E-state index is 11.9. The van der Waals surface area contributed by atoms with Gasteiger partial charge in [-0.2, -0.15) is 4.98 Å². The molecule has 0 N–H and O–H groups in total. The fourth-order valence-electron chi connectivity index (χ4n) is 2.61. The van der Waals surface area contributed by atoms with Gasteiger partial charge >= 0.3 is 12.9 Å². The summed E-state index contributed by atoms with van der Waals surface area (Å²) >= 11 is 0. The minimum atomic E-state index is -0.582. The highest BCUT2D eigenvalue weighted by Crippen LogP contribution is 2.26. The van der Waals surface area contributed by atoms with E-state index in [0.717, 1.165) is 17.3 Å². The fourth-order valence-corrected chi connectivity index (χ4v) is 2.61. The summed E-state index contributed by atoms with van der Waals surface area (Å²) in [4.78, 5) is 16.2. The molecule has 0 amide bonds. The van der Waals surface area contributed by atoms with Crippen molar-refractivity contribution in [3.63, 3.8) is 0 Å². The van der Waals surface area contributed by atoms with E-state index >= 15 is 0 Å². The van der Waals surface area contributed by atoms with Crippen LogP contribution in [-0.2, 0) is 16.0 Å². The topological polar surface area (TPSA) is 66.9 Å². The van der Waals surface area contributed by atoms with Gasteiger partial charge in [0.2, 0.25) is 11.8 Å². The van der Waals surface area contributed by atoms with Gasteiger partial charge in [0.15, 0.2) is 0 Å². The van der Waals surface area contributed by atoms with Crippen LogP contribution in [0.4, 0.5) is 0 Å². The molecule has 6 nitrogen and oxygen atoms in total. The van der Waals surface area contributed by atoms with Crippen molar-refractivity contribution in [2.45, 2.75) is 20.4 Å². The number of aromatic nitrogens is 1. The van der Waals surface area contributed by atoms with Crippen LogP contribution >= 0.6 is 0 Å². The van der Waals surface area contributed by atoms with E-state index in [4.69, 9.17) is 18.9 Å². The molecule has 128 valence electrons. The first-order valence-electron chi connectivity index (χ1n) is 8.00. The number of hydrogen-bond acceptors (Lipinski definition) is 6. The van der Waals surface area contributed by atoms with Crippen LogP contribution in [0.1, 0.15) is 22.8 Å². The molecule has 0 fully saturated rings. The van der Waals surface area contributed by atoms with E-state index in [9.17, 15) is 4.79 Å². The van der Waals surface area contributed by atoms with Crippen LogP contribution in [0.25, 0.3) is 0 Å². The molecule has 1 aliphatic rings. The van der Waals surface area contributed by atoms with E-state index in [0.29, 0.717) is 24.8 Å². The first-order valence-corrected chi connectivity index (χ1v) is 8.00. The zero-order valence-corrected chi connectivity index (χ0v) is 14.2. The summed E-state index contributed by atoms with van der Waals surface area (Å²) in [6.45, 7) is 8.22. The third-order valence-corrected chi connectivity index (χ3v) is 3.79. The van der Waals surface area contributed by atoms with E-state index in [1.807, 2.05) is 25.0 Å². The van der Waals surface area contributed by atoms with Crippen LogP contribution in [-0.4, -0.2) is 24.5 Å². The summed E-state index contributed by atoms with van der Waals surface area (Å²) in [7, 11) is 0. The van der Waals surface area contributed by atoms with Crippen LogP contribution in [0, 0.1) is 0 Å². The van der Waals surface area contributed by atoms with E-state index < -0.39 is 5.97 Å². The molecule has 3 rings (SSSR count). The summed E-state index contributed by atoms with van der Waals surface area (Å²) in [5.41, 5.74) is 2.48. The molecule has 0 radical (unpaired) electrons. The quantitative estimate of drug-likeness (QED) is 0.458. The molecule has 0 atom stereocenters. The molecular weight excluding hydrogens is 321 g/mol. The molecule has 0 aliphatic carbocycles. The number of esters is 1. The summed E-state index contributed by atoms with van der Waals surface area (Å²) in [6, 6.07) is 8.93. The third-order valence-electron chi connectivity index (χ3n) is 3.79. The lowest BCUT2D eigenvalue weighted by Crippen LogP contribution is -2.23. The van der Waals surface area contributed by atoms with Crippen LogP contribution in [0.2, 0.25) is 6.82 Å². The Bertz CT molecular complexity index is 808. The Morgan fingerprint density at radius 2 is 2.24 bits per heavy atom. The number of nitrogens with zero attached hydrogens (tertiary/aromatic N) is 1. The van der Waals surface area contributed by atoms with Crippen molar-refractivity contribution < 1.29 is 23.7 Å². The monoisotopic (exact) mass is 339 g/mol. The summed E-state index contributed by atoms with van der Waals surface area (Å²) in [6.07, 6.45) is 1.07. The summed E-state index contributed by atoms with van der Waals surface area (Å²) in [5, 5.41) is 0. The second kappa shape index (κ2) is 7.40. The van der Waals surface area contributed by atoms with Gasteiger partial charge in [0.1, 0.15) is 11.3 Å². The number of benzene rings is 1. The van der Waals surface area contributed by atoms with Gasteiger partial charge in [-0.15, -0.1) is 0 Å². The van der Waals surface area contributed by atoms with Gasteiger partial charge in [-0.25, -0.2) is 4.79 Å². The van der Waals surface area contributed by atoms with E-state index in [1.165, 1.54) is 0 Å². The molecule has 1 aliphatic heterocycles. The Morgan fingerprint density at radius 3 is 3.00 bits per heavy atom. The average Bonchev–Trinajstić information content (AvgIpc) is 2.96. The van der Waals surface area contributed by atoms with Crippen LogP contribution in [0.15, 0.2) is 43.2 Å². The molecule has 0 saturated heterocycles. The van der Waals surface area contributed by atoms with E-state index in [-0.39, 0.29) is 18.4 Å². The molecule has 1 aromatic heterocycles. The van der Waals surface area contributed by atoms with Gasteiger partial charge in [0, 0.05) is 6.07 Å².